The summed E-state index contributed by atoms with van der Waals surface area (Å²) in [7, 11) is 0. The maximum atomic E-state index is 6.53. The average molecular weight is 791 g/mol. The minimum absolute atomic E-state index is 0.517. The fourth-order valence-electron chi connectivity index (χ4n) is 9.93. The van der Waals surface area contributed by atoms with Gasteiger partial charge in [0.15, 0.2) is 5.82 Å². The fourth-order valence-corrected chi connectivity index (χ4v) is 9.93. The second-order valence-electron chi connectivity index (χ2n) is 16.0. The van der Waals surface area contributed by atoms with Crippen molar-refractivity contribution in [3.63, 3.8) is 0 Å². The number of aromatic nitrogens is 2. The molecule has 2 heterocycles. The maximum absolute atomic E-state index is 6.53. The van der Waals surface area contributed by atoms with Gasteiger partial charge in [-0.15, -0.1) is 0 Å². The van der Waals surface area contributed by atoms with Crippen molar-refractivity contribution in [2.24, 2.45) is 0 Å². The summed E-state index contributed by atoms with van der Waals surface area (Å²) in [5.74, 6) is 0.682. The van der Waals surface area contributed by atoms with E-state index in [2.05, 4.69) is 212 Å². The Balaban J connectivity index is 1.05. The Morgan fingerprint density at radius 1 is 0.339 bits per heavy atom. The lowest BCUT2D eigenvalue weighted by Crippen LogP contribution is -2.28. The van der Waals surface area contributed by atoms with Crippen molar-refractivity contribution in [1.29, 1.82) is 0 Å². The van der Waals surface area contributed by atoms with E-state index >= 15 is 0 Å². The van der Waals surface area contributed by atoms with Crippen molar-refractivity contribution in [3.8, 4) is 67.3 Å². The van der Waals surface area contributed by atoms with Gasteiger partial charge in [-0.05, 0) is 68.3 Å². The van der Waals surface area contributed by atoms with Gasteiger partial charge in [-0.3, -0.25) is 0 Å². The van der Waals surface area contributed by atoms with Crippen LogP contribution in [0.3, 0.4) is 0 Å². The molecule has 9 aromatic carbocycles. The number of benzene rings is 9. The van der Waals surface area contributed by atoms with Gasteiger partial charge >= 0.3 is 0 Å². The third-order valence-electron chi connectivity index (χ3n) is 12.6. The largest absolute Gasteiger partial charge is 0.455 e. The van der Waals surface area contributed by atoms with E-state index in [9.17, 15) is 0 Å². The predicted octanol–water partition coefficient (Wildman–Crippen LogP) is 15.1. The van der Waals surface area contributed by atoms with Gasteiger partial charge in [-0.2, -0.15) is 0 Å². The molecular weight excluding hydrogens is 753 g/mol. The van der Waals surface area contributed by atoms with Gasteiger partial charge < -0.3 is 4.42 Å². The van der Waals surface area contributed by atoms with Crippen molar-refractivity contribution in [2.45, 2.75) is 5.41 Å². The number of para-hydroxylation sites is 2. The number of hydrogen-bond donors (Lipinski definition) is 0. The van der Waals surface area contributed by atoms with Crippen molar-refractivity contribution in [1.82, 2.24) is 9.97 Å². The first-order valence-electron chi connectivity index (χ1n) is 21.2. The molecule has 12 rings (SSSR count). The highest BCUT2D eigenvalue weighted by Gasteiger charge is 2.46. The Labute approximate surface area is 360 Å². The minimum atomic E-state index is -0.517. The standard InChI is InChI=1S/C59H38N2O/c1-4-19-39(20-5-1)58-60-53(41-22-16-21-40(37-41)44-27-10-11-28-45(44)47-31-17-32-48-46-29-13-15-36-55(46)62-57(47)48)38-54(61-58)50-33-18-35-52-56(50)49-30-12-14-34-51(49)59(52,42-23-6-2-7-24-42)43-25-8-3-9-26-43/h1-38H. The molecule has 0 N–H and O–H groups in total. The van der Waals surface area contributed by atoms with Crippen molar-refractivity contribution < 1.29 is 4.42 Å². The normalized spacial score (nSPS) is 12.6. The summed E-state index contributed by atoms with van der Waals surface area (Å²) in [6, 6.07) is 82.1. The van der Waals surface area contributed by atoms with Crippen molar-refractivity contribution in [3.05, 3.63) is 253 Å². The molecule has 0 atom stereocenters. The second-order valence-corrected chi connectivity index (χ2v) is 16.0. The highest BCUT2D eigenvalue weighted by atomic mass is 16.3. The van der Waals surface area contributed by atoms with E-state index in [1.807, 2.05) is 18.2 Å². The summed E-state index contributed by atoms with van der Waals surface area (Å²) < 4.78 is 6.53. The highest BCUT2D eigenvalue weighted by Crippen LogP contribution is 2.58. The number of hydrogen-bond acceptors (Lipinski definition) is 3. The molecule has 0 spiro atoms. The fraction of sp³-hybridized carbons (Fsp3) is 0.0169. The van der Waals surface area contributed by atoms with Crippen LogP contribution in [0.2, 0.25) is 0 Å². The van der Waals surface area contributed by atoms with Gasteiger partial charge in [0.1, 0.15) is 11.2 Å². The molecule has 11 aromatic rings. The second kappa shape index (κ2) is 14.5. The Kier molecular flexibility index (Phi) is 8.39. The van der Waals surface area contributed by atoms with Crippen molar-refractivity contribution in [2.75, 3.05) is 0 Å². The molecule has 0 aliphatic heterocycles. The Hall–Kier alpha value is -8.14. The zero-order valence-corrected chi connectivity index (χ0v) is 33.7. The molecule has 3 nitrogen and oxygen atoms in total. The van der Waals surface area contributed by atoms with Crippen LogP contribution in [-0.4, -0.2) is 9.97 Å². The first kappa shape index (κ1) is 35.8. The lowest BCUT2D eigenvalue weighted by atomic mass is 9.67. The molecule has 0 saturated heterocycles. The zero-order valence-electron chi connectivity index (χ0n) is 33.7. The number of fused-ring (bicyclic) bond motifs is 6. The summed E-state index contributed by atoms with van der Waals surface area (Å²) in [4.78, 5) is 10.7. The summed E-state index contributed by atoms with van der Waals surface area (Å²) in [6.45, 7) is 0. The van der Waals surface area contributed by atoms with Crippen LogP contribution in [-0.2, 0) is 5.41 Å². The van der Waals surface area contributed by atoms with Gasteiger partial charge in [-0.1, -0.05) is 212 Å². The molecule has 0 saturated carbocycles. The molecule has 3 heteroatoms. The Morgan fingerprint density at radius 2 is 0.871 bits per heavy atom. The molecule has 0 amide bonds. The van der Waals surface area contributed by atoms with Crippen LogP contribution >= 0.6 is 0 Å². The van der Waals surface area contributed by atoms with E-state index in [1.54, 1.807) is 0 Å². The third kappa shape index (κ3) is 5.59. The smallest absolute Gasteiger partial charge is 0.160 e. The van der Waals surface area contributed by atoms with Gasteiger partial charge in [0.2, 0.25) is 0 Å². The van der Waals surface area contributed by atoms with Crippen LogP contribution in [0, 0.1) is 0 Å². The molecule has 0 bridgehead atoms. The van der Waals surface area contributed by atoms with Crippen LogP contribution in [0.15, 0.2) is 235 Å². The van der Waals surface area contributed by atoms with E-state index in [-0.39, 0.29) is 0 Å². The molecule has 1 aliphatic rings. The van der Waals surface area contributed by atoms with Crippen LogP contribution in [0.25, 0.3) is 89.2 Å². The first-order chi connectivity index (χ1) is 30.8. The summed E-state index contributed by atoms with van der Waals surface area (Å²) >= 11 is 0. The molecule has 62 heavy (non-hydrogen) atoms. The maximum Gasteiger partial charge on any atom is 0.160 e. The molecule has 2 aromatic heterocycles. The predicted molar refractivity (Wildman–Crippen MR) is 254 cm³/mol. The topological polar surface area (TPSA) is 38.9 Å². The number of rotatable bonds is 7. The van der Waals surface area contributed by atoms with Gasteiger partial charge in [0, 0.05) is 33.0 Å². The Morgan fingerprint density at radius 3 is 1.66 bits per heavy atom. The molecule has 0 fully saturated rings. The first-order valence-corrected chi connectivity index (χ1v) is 21.2. The molecule has 1 aliphatic carbocycles. The SMILES string of the molecule is c1ccc(-c2nc(-c3cccc(-c4ccccc4-c4cccc5c4oc4ccccc45)c3)cc(-c3cccc4c3-c3ccccc3C4(c3ccccc3)c3ccccc3)n2)cc1. The minimum Gasteiger partial charge on any atom is -0.455 e. The van der Waals surface area contributed by atoms with Gasteiger partial charge in [-0.25, -0.2) is 9.97 Å². The average Bonchev–Trinajstić information content (AvgIpc) is 3.89. The van der Waals surface area contributed by atoms with Gasteiger partial charge in [0.05, 0.1) is 16.8 Å². The highest BCUT2D eigenvalue weighted by molar-refractivity contribution is 6.10. The van der Waals surface area contributed by atoms with E-state index in [4.69, 9.17) is 14.4 Å². The van der Waals surface area contributed by atoms with E-state index in [0.717, 1.165) is 72.3 Å². The van der Waals surface area contributed by atoms with Crippen LogP contribution in [0.5, 0.6) is 0 Å². The summed E-state index contributed by atoms with van der Waals surface area (Å²) in [5.41, 5.74) is 17.8. The molecular formula is C59H38N2O. The quantitative estimate of drug-likeness (QED) is 0.161. The van der Waals surface area contributed by atoms with Crippen LogP contribution < -0.4 is 0 Å². The van der Waals surface area contributed by atoms with E-state index in [0.29, 0.717) is 5.82 Å². The van der Waals surface area contributed by atoms with Crippen LogP contribution in [0.1, 0.15) is 22.3 Å². The summed E-state index contributed by atoms with van der Waals surface area (Å²) in [5, 5.41) is 2.24. The van der Waals surface area contributed by atoms with E-state index in [1.165, 1.54) is 33.4 Å². The van der Waals surface area contributed by atoms with Crippen LogP contribution in [0.4, 0.5) is 0 Å². The monoisotopic (exact) mass is 790 g/mol. The molecule has 0 radical (unpaired) electrons. The summed E-state index contributed by atoms with van der Waals surface area (Å²) in [6.07, 6.45) is 0. The number of furan rings is 1. The number of nitrogens with zero attached hydrogens (tertiary/aromatic N) is 2. The Bertz CT molecular complexity index is 3420. The molecule has 290 valence electrons. The van der Waals surface area contributed by atoms with Crippen molar-refractivity contribution >= 4 is 21.9 Å². The van der Waals surface area contributed by atoms with Gasteiger partial charge in [0.25, 0.3) is 0 Å². The lowest BCUT2D eigenvalue weighted by molar-refractivity contribution is 0.670. The third-order valence-corrected chi connectivity index (χ3v) is 12.6. The zero-order chi connectivity index (χ0) is 41.0. The lowest BCUT2D eigenvalue weighted by Gasteiger charge is -2.33. The van der Waals surface area contributed by atoms with E-state index < -0.39 is 5.41 Å². The molecule has 0 unspecified atom stereocenters.